The summed E-state index contributed by atoms with van der Waals surface area (Å²) >= 11 is 0. The molecule has 17 heavy (non-hydrogen) atoms. The Morgan fingerprint density at radius 2 is 2.06 bits per heavy atom. The first kappa shape index (κ1) is 11.1. The van der Waals surface area contributed by atoms with Crippen molar-refractivity contribution >= 4 is 12.0 Å². The molecule has 0 aliphatic rings. The predicted molar refractivity (Wildman–Crippen MR) is 60.1 cm³/mol. The van der Waals surface area contributed by atoms with Gasteiger partial charge in [0.2, 0.25) is 5.91 Å². The summed E-state index contributed by atoms with van der Waals surface area (Å²) in [6.07, 6.45) is 2.63. The fourth-order valence-corrected chi connectivity index (χ4v) is 1.29. The monoisotopic (exact) mass is 232 g/mol. The van der Waals surface area contributed by atoms with Gasteiger partial charge in [0, 0.05) is 17.7 Å². The van der Waals surface area contributed by atoms with Gasteiger partial charge < -0.3 is 10.3 Å². The summed E-state index contributed by atoms with van der Waals surface area (Å²) in [5.74, 6) is -0.382. The number of carbonyl (C=O) groups excluding carboxylic acids is 1. The van der Waals surface area contributed by atoms with Crippen molar-refractivity contribution in [1.82, 2.24) is 5.16 Å². The second-order valence-electron chi connectivity index (χ2n) is 3.36. The lowest BCUT2D eigenvalue weighted by atomic mass is 10.1. The van der Waals surface area contributed by atoms with Crippen molar-refractivity contribution in [3.63, 3.8) is 0 Å². The molecule has 1 aromatic carbocycles. The van der Waals surface area contributed by atoms with Crippen LogP contribution in [0.4, 0.5) is 4.39 Å². The van der Waals surface area contributed by atoms with Crippen LogP contribution in [0.1, 0.15) is 5.69 Å². The molecule has 1 amide bonds. The molecule has 2 rings (SSSR count). The molecular weight excluding hydrogens is 223 g/mol. The SMILES string of the molecule is NC(=O)/C=C\c1cc(-c2ccc(F)cc2)on1. The Bertz CT molecular complexity index is 558. The Kier molecular flexibility index (Phi) is 3.00. The Balaban J connectivity index is 2.23. The molecule has 2 N–H and O–H groups in total. The van der Waals surface area contributed by atoms with Crippen LogP contribution in [-0.4, -0.2) is 11.1 Å². The molecule has 0 radical (unpaired) electrons. The van der Waals surface area contributed by atoms with E-state index in [-0.39, 0.29) is 5.82 Å². The number of rotatable bonds is 3. The zero-order chi connectivity index (χ0) is 12.3. The predicted octanol–water partition coefficient (Wildman–Crippen LogP) is 1.98. The molecule has 86 valence electrons. The van der Waals surface area contributed by atoms with E-state index in [4.69, 9.17) is 10.3 Å². The van der Waals surface area contributed by atoms with Gasteiger partial charge in [0.25, 0.3) is 0 Å². The second-order valence-corrected chi connectivity index (χ2v) is 3.36. The lowest BCUT2D eigenvalue weighted by molar-refractivity contribution is -0.113. The van der Waals surface area contributed by atoms with E-state index in [2.05, 4.69) is 5.16 Å². The summed E-state index contributed by atoms with van der Waals surface area (Å²) < 4.78 is 17.8. The van der Waals surface area contributed by atoms with E-state index in [0.29, 0.717) is 17.0 Å². The molecule has 0 spiro atoms. The van der Waals surface area contributed by atoms with E-state index < -0.39 is 5.91 Å². The van der Waals surface area contributed by atoms with Crippen molar-refractivity contribution in [1.29, 1.82) is 0 Å². The summed E-state index contributed by atoms with van der Waals surface area (Å²) in [6.45, 7) is 0. The average molecular weight is 232 g/mol. The van der Waals surface area contributed by atoms with Crippen LogP contribution in [0.2, 0.25) is 0 Å². The van der Waals surface area contributed by atoms with Crippen LogP contribution in [0.25, 0.3) is 17.4 Å². The lowest BCUT2D eigenvalue weighted by Gasteiger charge is -1.93. The number of carbonyl (C=O) groups is 1. The van der Waals surface area contributed by atoms with Crippen molar-refractivity contribution in [3.05, 3.63) is 47.9 Å². The number of hydrogen-bond donors (Lipinski definition) is 1. The maximum absolute atomic E-state index is 12.7. The molecule has 0 saturated heterocycles. The van der Waals surface area contributed by atoms with Gasteiger partial charge >= 0.3 is 0 Å². The average Bonchev–Trinajstić information content (AvgIpc) is 2.76. The van der Waals surface area contributed by atoms with Crippen LogP contribution in [-0.2, 0) is 4.79 Å². The van der Waals surface area contributed by atoms with E-state index in [9.17, 15) is 9.18 Å². The minimum Gasteiger partial charge on any atom is -0.366 e. The zero-order valence-electron chi connectivity index (χ0n) is 8.76. The first-order valence-corrected chi connectivity index (χ1v) is 4.85. The van der Waals surface area contributed by atoms with E-state index in [1.807, 2.05) is 0 Å². The van der Waals surface area contributed by atoms with Gasteiger partial charge in [-0.1, -0.05) is 5.16 Å². The van der Waals surface area contributed by atoms with E-state index in [1.54, 1.807) is 18.2 Å². The molecule has 0 bridgehead atoms. The summed E-state index contributed by atoms with van der Waals surface area (Å²) in [7, 11) is 0. The molecule has 0 unspecified atom stereocenters. The lowest BCUT2D eigenvalue weighted by Crippen LogP contribution is -2.05. The van der Waals surface area contributed by atoms with E-state index in [1.165, 1.54) is 24.3 Å². The molecule has 0 saturated carbocycles. The van der Waals surface area contributed by atoms with Crippen molar-refractivity contribution in [3.8, 4) is 11.3 Å². The molecule has 0 aliphatic heterocycles. The Morgan fingerprint density at radius 1 is 1.35 bits per heavy atom. The van der Waals surface area contributed by atoms with Crippen molar-refractivity contribution in [2.45, 2.75) is 0 Å². The van der Waals surface area contributed by atoms with Gasteiger partial charge in [-0.05, 0) is 30.3 Å². The normalized spacial score (nSPS) is 10.9. The summed E-state index contributed by atoms with van der Waals surface area (Å²) in [5, 5.41) is 3.72. The molecule has 0 atom stereocenters. The summed E-state index contributed by atoms with van der Waals surface area (Å²) in [6, 6.07) is 7.45. The molecule has 2 aromatic rings. The second kappa shape index (κ2) is 4.61. The minimum atomic E-state index is -0.559. The molecule has 1 aromatic heterocycles. The number of primary amides is 1. The number of nitrogens with two attached hydrogens (primary N) is 1. The number of benzene rings is 1. The maximum atomic E-state index is 12.7. The fraction of sp³-hybridized carbons (Fsp3) is 0. The third-order valence-electron chi connectivity index (χ3n) is 2.08. The minimum absolute atomic E-state index is 0.317. The van der Waals surface area contributed by atoms with Crippen molar-refractivity contribution in [2.75, 3.05) is 0 Å². The van der Waals surface area contributed by atoms with Gasteiger partial charge in [0.1, 0.15) is 11.5 Å². The highest BCUT2D eigenvalue weighted by Gasteiger charge is 2.04. The first-order chi connectivity index (χ1) is 8.15. The quantitative estimate of drug-likeness (QED) is 0.822. The summed E-state index contributed by atoms with van der Waals surface area (Å²) in [5.41, 5.74) is 6.13. The van der Waals surface area contributed by atoms with Gasteiger partial charge in [0.05, 0.1) is 0 Å². The highest BCUT2D eigenvalue weighted by Crippen LogP contribution is 2.20. The molecule has 0 aliphatic carbocycles. The maximum Gasteiger partial charge on any atom is 0.241 e. The number of hydrogen-bond acceptors (Lipinski definition) is 3. The van der Waals surface area contributed by atoms with Crippen molar-refractivity contribution in [2.24, 2.45) is 5.73 Å². The topological polar surface area (TPSA) is 69.1 Å². The van der Waals surface area contributed by atoms with Crippen LogP contribution >= 0.6 is 0 Å². The third kappa shape index (κ3) is 2.78. The first-order valence-electron chi connectivity index (χ1n) is 4.85. The fourth-order valence-electron chi connectivity index (χ4n) is 1.29. The summed E-state index contributed by atoms with van der Waals surface area (Å²) in [4.78, 5) is 10.5. The largest absolute Gasteiger partial charge is 0.366 e. The molecule has 0 fully saturated rings. The number of halogens is 1. The Hall–Kier alpha value is -2.43. The smallest absolute Gasteiger partial charge is 0.241 e. The molecule has 5 heteroatoms. The van der Waals surface area contributed by atoms with Crippen LogP contribution in [0.15, 0.2) is 40.9 Å². The van der Waals surface area contributed by atoms with Gasteiger partial charge in [-0.2, -0.15) is 0 Å². The van der Waals surface area contributed by atoms with Gasteiger partial charge in [-0.25, -0.2) is 4.39 Å². The van der Waals surface area contributed by atoms with E-state index in [0.717, 1.165) is 0 Å². The van der Waals surface area contributed by atoms with Gasteiger partial charge in [0.15, 0.2) is 5.76 Å². The number of amides is 1. The third-order valence-corrected chi connectivity index (χ3v) is 2.08. The standard InChI is InChI=1S/C12H9FN2O2/c13-9-3-1-8(2-4-9)11-7-10(15-17-11)5-6-12(14)16/h1-7H,(H2,14,16)/b6-5-. The van der Waals surface area contributed by atoms with Crippen molar-refractivity contribution < 1.29 is 13.7 Å². The Labute approximate surface area is 96.5 Å². The van der Waals surface area contributed by atoms with E-state index >= 15 is 0 Å². The molecular formula is C12H9FN2O2. The van der Waals surface area contributed by atoms with Crippen LogP contribution in [0, 0.1) is 5.82 Å². The number of aromatic nitrogens is 1. The molecule has 4 nitrogen and oxygen atoms in total. The molecule has 1 heterocycles. The Morgan fingerprint density at radius 3 is 2.71 bits per heavy atom. The van der Waals surface area contributed by atoms with Crippen LogP contribution in [0.3, 0.4) is 0 Å². The van der Waals surface area contributed by atoms with Crippen LogP contribution < -0.4 is 5.73 Å². The van der Waals surface area contributed by atoms with Crippen LogP contribution in [0.5, 0.6) is 0 Å². The number of nitrogens with zero attached hydrogens (tertiary/aromatic N) is 1. The van der Waals surface area contributed by atoms with Gasteiger partial charge in [-0.15, -0.1) is 0 Å². The van der Waals surface area contributed by atoms with Gasteiger partial charge in [-0.3, -0.25) is 4.79 Å². The highest BCUT2D eigenvalue weighted by molar-refractivity contribution is 5.90. The highest BCUT2D eigenvalue weighted by atomic mass is 19.1. The zero-order valence-corrected chi connectivity index (χ0v) is 8.76.